The Bertz CT molecular complexity index is 971. The van der Waals surface area contributed by atoms with Crippen molar-refractivity contribution in [3.8, 4) is 5.75 Å². The summed E-state index contributed by atoms with van der Waals surface area (Å²) in [6.07, 6.45) is 2.94. The second-order valence-electron chi connectivity index (χ2n) is 5.07. The predicted octanol–water partition coefficient (Wildman–Crippen LogP) is 2.29. The van der Waals surface area contributed by atoms with E-state index in [4.69, 9.17) is 0 Å². The van der Waals surface area contributed by atoms with Crippen LogP contribution in [0.25, 0.3) is 10.9 Å². The molecule has 0 atom stereocenters. The monoisotopic (exact) mass is 388 g/mol. The first kappa shape index (κ1) is 16.1. The van der Waals surface area contributed by atoms with Crippen molar-refractivity contribution in [1.82, 2.24) is 14.5 Å². The Morgan fingerprint density at radius 1 is 1.29 bits per heavy atom. The zero-order valence-electron chi connectivity index (χ0n) is 12.4. The van der Waals surface area contributed by atoms with Gasteiger partial charge in [0.2, 0.25) is 5.91 Å². The van der Waals surface area contributed by atoms with Crippen LogP contribution >= 0.6 is 15.9 Å². The molecule has 0 unspecified atom stereocenters. The Labute approximate surface area is 145 Å². The SMILES string of the molecule is O=C(CCn1cnc2ccc(Br)cc2c1=O)Nc1ncccc1O. The molecule has 0 saturated carbocycles. The summed E-state index contributed by atoms with van der Waals surface area (Å²) in [7, 11) is 0. The summed E-state index contributed by atoms with van der Waals surface area (Å²) in [5.41, 5.74) is 0.386. The number of nitrogens with one attached hydrogen (secondary N) is 1. The van der Waals surface area contributed by atoms with Crippen molar-refractivity contribution in [3.63, 3.8) is 0 Å². The van der Waals surface area contributed by atoms with E-state index >= 15 is 0 Å². The van der Waals surface area contributed by atoms with E-state index in [2.05, 4.69) is 31.2 Å². The minimum atomic E-state index is -0.356. The van der Waals surface area contributed by atoms with Gasteiger partial charge < -0.3 is 10.4 Å². The number of aromatic hydroxyl groups is 1. The number of carbonyl (C=O) groups excluding carboxylic acids is 1. The number of carbonyl (C=O) groups is 1. The van der Waals surface area contributed by atoms with Crippen LogP contribution in [0.1, 0.15) is 6.42 Å². The van der Waals surface area contributed by atoms with Crippen LogP contribution < -0.4 is 10.9 Å². The van der Waals surface area contributed by atoms with Crippen molar-refractivity contribution in [3.05, 3.63) is 57.7 Å². The minimum Gasteiger partial charge on any atom is -0.504 e. The Hall–Kier alpha value is -2.74. The van der Waals surface area contributed by atoms with E-state index < -0.39 is 0 Å². The lowest BCUT2D eigenvalue weighted by Crippen LogP contribution is -2.23. The van der Waals surface area contributed by atoms with E-state index in [9.17, 15) is 14.7 Å². The fourth-order valence-corrected chi connectivity index (χ4v) is 2.56. The van der Waals surface area contributed by atoms with Gasteiger partial charge in [-0.25, -0.2) is 9.97 Å². The van der Waals surface area contributed by atoms with Gasteiger partial charge >= 0.3 is 0 Å². The fourth-order valence-electron chi connectivity index (χ4n) is 2.20. The van der Waals surface area contributed by atoms with E-state index in [1.807, 2.05) is 6.07 Å². The molecule has 2 N–H and O–H groups in total. The average Bonchev–Trinajstić information content (AvgIpc) is 2.57. The number of pyridine rings is 1. The number of hydrogen-bond donors (Lipinski definition) is 2. The minimum absolute atomic E-state index is 0.0527. The molecule has 24 heavy (non-hydrogen) atoms. The second-order valence-corrected chi connectivity index (χ2v) is 5.99. The van der Waals surface area contributed by atoms with Crippen LogP contribution in [-0.4, -0.2) is 25.5 Å². The lowest BCUT2D eigenvalue weighted by atomic mass is 10.2. The van der Waals surface area contributed by atoms with Gasteiger partial charge in [0.05, 0.1) is 17.2 Å². The van der Waals surface area contributed by atoms with Gasteiger partial charge in [-0.05, 0) is 30.3 Å². The van der Waals surface area contributed by atoms with Crippen LogP contribution in [0.5, 0.6) is 5.75 Å². The summed E-state index contributed by atoms with van der Waals surface area (Å²) >= 11 is 3.33. The quantitative estimate of drug-likeness (QED) is 0.714. The molecule has 0 aliphatic heterocycles. The second kappa shape index (κ2) is 6.79. The van der Waals surface area contributed by atoms with Crippen LogP contribution in [0.4, 0.5) is 5.82 Å². The number of amides is 1. The lowest BCUT2D eigenvalue weighted by Gasteiger charge is -2.08. The third-order valence-corrected chi connectivity index (χ3v) is 3.90. The number of anilines is 1. The molecule has 0 saturated heterocycles. The average molecular weight is 389 g/mol. The maximum Gasteiger partial charge on any atom is 0.261 e. The molecule has 0 spiro atoms. The highest BCUT2D eigenvalue weighted by atomic mass is 79.9. The molecule has 0 aliphatic rings. The number of nitrogens with zero attached hydrogens (tertiary/aromatic N) is 3. The Kier molecular flexibility index (Phi) is 4.57. The third kappa shape index (κ3) is 3.43. The molecule has 3 rings (SSSR count). The summed E-state index contributed by atoms with van der Waals surface area (Å²) in [5.74, 6) is -0.374. The highest BCUT2D eigenvalue weighted by Crippen LogP contribution is 2.18. The fraction of sp³-hybridized carbons (Fsp3) is 0.125. The van der Waals surface area contributed by atoms with Crippen molar-refractivity contribution < 1.29 is 9.90 Å². The summed E-state index contributed by atoms with van der Waals surface area (Å²) < 4.78 is 2.17. The summed E-state index contributed by atoms with van der Waals surface area (Å²) in [5, 5.41) is 12.6. The third-order valence-electron chi connectivity index (χ3n) is 3.41. The lowest BCUT2D eigenvalue weighted by molar-refractivity contribution is -0.116. The summed E-state index contributed by atoms with van der Waals surface area (Å²) in [6.45, 7) is 0.174. The molecule has 0 radical (unpaired) electrons. The number of hydrogen-bond acceptors (Lipinski definition) is 5. The largest absolute Gasteiger partial charge is 0.504 e. The van der Waals surface area contributed by atoms with Gasteiger partial charge in [0.1, 0.15) is 0 Å². The van der Waals surface area contributed by atoms with Gasteiger partial charge in [-0.15, -0.1) is 0 Å². The van der Waals surface area contributed by atoms with E-state index in [0.29, 0.717) is 10.9 Å². The molecular weight excluding hydrogens is 376 g/mol. The number of benzene rings is 1. The maximum absolute atomic E-state index is 12.4. The molecule has 0 fully saturated rings. The standard InChI is InChI=1S/C16H13BrN4O3/c17-10-3-4-12-11(8-10)16(24)21(9-19-12)7-5-14(23)20-15-13(22)2-1-6-18-15/h1-4,6,8-9,22H,5,7H2,(H,18,20,23). The highest BCUT2D eigenvalue weighted by molar-refractivity contribution is 9.10. The normalized spacial score (nSPS) is 10.7. The molecule has 2 heterocycles. The van der Waals surface area contributed by atoms with Gasteiger partial charge in [0.15, 0.2) is 11.6 Å². The zero-order chi connectivity index (χ0) is 17.1. The van der Waals surface area contributed by atoms with Gasteiger partial charge in [0.25, 0.3) is 5.56 Å². The first-order chi connectivity index (χ1) is 11.5. The summed E-state index contributed by atoms with van der Waals surface area (Å²) in [4.78, 5) is 32.5. The van der Waals surface area contributed by atoms with Crippen LogP contribution in [-0.2, 0) is 11.3 Å². The van der Waals surface area contributed by atoms with Gasteiger partial charge in [-0.2, -0.15) is 0 Å². The Balaban J connectivity index is 1.74. The molecule has 122 valence electrons. The van der Waals surface area contributed by atoms with E-state index in [1.165, 1.54) is 23.2 Å². The van der Waals surface area contributed by atoms with Crippen LogP contribution in [0.15, 0.2) is 52.1 Å². The van der Waals surface area contributed by atoms with Crippen LogP contribution in [0.3, 0.4) is 0 Å². The molecule has 7 nitrogen and oxygen atoms in total. The number of rotatable bonds is 4. The van der Waals surface area contributed by atoms with E-state index in [0.717, 1.165) is 4.47 Å². The highest BCUT2D eigenvalue weighted by Gasteiger charge is 2.09. The van der Waals surface area contributed by atoms with Crippen molar-refractivity contribution in [2.75, 3.05) is 5.32 Å². The molecule has 0 bridgehead atoms. The van der Waals surface area contributed by atoms with Crippen molar-refractivity contribution in [2.45, 2.75) is 13.0 Å². The smallest absolute Gasteiger partial charge is 0.261 e. The van der Waals surface area contributed by atoms with E-state index in [-0.39, 0.29) is 36.0 Å². The molecule has 1 aromatic carbocycles. The first-order valence-electron chi connectivity index (χ1n) is 7.13. The van der Waals surface area contributed by atoms with Crippen molar-refractivity contribution in [2.24, 2.45) is 0 Å². The molecule has 3 aromatic rings. The number of fused-ring (bicyclic) bond motifs is 1. The van der Waals surface area contributed by atoms with Crippen LogP contribution in [0, 0.1) is 0 Å². The number of halogens is 1. The number of aryl methyl sites for hydroxylation is 1. The topological polar surface area (TPSA) is 97.1 Å². The van der Waals surface area contributed by atoms with Gasteiger partial charge in [-0.1, -0.05) is 15.9 Å². The van der Waals surface area contributed by atoms with Crippen molar-refractivity contribution in [1.29, 1.82) is 0 Å². The van der Waals surface area contributed by atoms with Crippen molar-refractivity contribution >= 4 is 38.6 Å². The van der Waals surface area contributed by atoms with E-state index in [1.54, 1.807) is 18.2 Å². The molecule has 2 aromatic heterocycles. The summed E-state index contributed by atoms with van der Waals surface area (Å²) in [6, 6.07) is 8.25. The van der Waals surface area contributed by atoms with Gasteiger partial charge in [-0.3, -0.25) is 14.2 Å². The molecule has 8 heteroatoms. The van der Waals surface area contributed by atoms with Gasteiger partial charge in [0, 0.05) is 23.6 Å². The number of aromatic nitrogens is 3. The molecular formula is C16H13BrN4O3. The molecule has 0 aliphatic carbocycles. The van der Waals surface area contributed by atoms with Crippen LogP contribution in [0.2, 0.25) is 0 Å². The first-order valence-corrected chi connectivity index (χ1v) is 7.92. The zero-order valence-corrected chi connectivity index (χ0v) is 14.0. The molecule has 1 amide bonds. The Morgan fingerprint density at radius 2 is 2.12 bits per heavy atom. The Morgan fingerprint density at radius 3 is 2.92 bits per heavy atom. The maximum atomic E-state index is 12.4. The predicted molar refractivity (Wildman–Crippen MR) is 92.9 cm³/mol.